The molecule has 1 heterocycles. The number of carbonyl (C=O) groups excluding carboxylic acids is 1. The quantitative estimate of drug-likeness (QED) is 0.860. The number of aliphatic hydroxyl groups excluding tert-OH is 1. The standard InChI is InChI=1S/C14H18N2O3/c1-16(8-9-17)14(18)15-7-6-12-10-11-4-2-3-5-13(11)19-12/h2-5,10,17H,6-9H2,1H3,(H,15,18). The van der Waals surface area contributed by atoms with Gasteiger partial charge in [-0.25, -0.2) is 4.79 Å². The third-order valence-corrected chi connectivity index (χ3v) is 2.91. The molecule has 0 fully saturated rings. The molecule has 2 amide bonds. The Balaban J connectivity index is 1.84. The highest BCUT2D eigenvalue weighted by atomic mass is 16.3. The van der Waals surface area contributed by atoms with Gasteiger partial charge in [0.25, 0.3) is 0 Å². The van der Waals surface area contributed by atoms with Crippen molar-refractivity contribution in [1.29, 1.82) is 0 Å². The summed E-state index contributed by atoms with van der Waals surface area (Å²) in [4.78, 5) is 13.0. The summed E-state index contributed by atoms with van der Waals surface area (Å²) < 4.78 is 5.65. The molecular weight excluding hydrogens is 244 g/mol. The van der Waals surface area contributed by atoms with Crippen LogP contribution in [0.5, 0.6) is 0 Å². The van der Waals surface area contributed by atoms with Gasteiger partial charge in [-0.2, -0.15) is 0 Å². The number of likely N-dealkylation sites (N-methyl/N-ethyl adjacent to an activating group) is 1. The lowest BCUT2D eigenvalue weighted by molar-refractivity contribution is 0.190. The fourth-order valence-electron chi connectivity index (χ4n) is 1.84. The Bertz CT molecular complexity index is 517. The van der Waals surface area contributed by atoms with Gasteiger partial charge in [0.1, 0.15) is 11.3 Å². The number of aliphatic hydroxyl groups is 1. The maximum atomic E-state index is 11.6. The fourth-order valence-corrected chi connectivity index (χ4v) is 1.84. The maximum absolute atomic E-state index is 11.6. The summed E-state index contributed by atoms with van der Waals surface area (Å²) in [5.74, 6) is 0.853. The molecule has 1 aromatic carbocycles. The van der Waals surface area contributed by atoms with E-state index in [1.165, 1.54) is 4.90 Å². The SMILES string of the molecule is CN(CCO)C(=O)NCCc1cc2ccccc2o1. The van der Waals surface area contributed by atoms with Gasteiger partial charge in [-0.1, -0.05) is 18.2 Å². The zero-order valence-corrected chi connectivity index (χ0v) is 10.9. The second-order valence-electron chi connectivity index (χ2n) is 4.38. The number of nitrogens with zero attached hydrogens (tertiary/aromatic N) is 1. The highest BCUT2D eigenvalue weighted by Gasteiger charge is 2.07. The second-order valence-corrected chi connectivity index (χ2v) is 4.38. The van der Waals surface area contributed by atoms with Crippen LogP contribution in [-0.4, -0.2) is 42.8 Å². The van der Waals surface area contributed by atoms with Crippen molar-refractivity contribution in [2.75, 3.05) is 26.7 Å². The van der Waals surface area contributed by atoms with Crippen molar-refractivity contribution < 1.29 is 14.3 Å². The van der Waals surface area contributed by atoms with Gasteiger partial charge in [0, 0.05) is 31.9 Å². The minimum Gasteiger partial charge on any atom is -0.461 e. The number of furan rings is 1. The van der Waals surface area contributed by atoms with Crippen LogP contribution in [-0.2, 0) is 6.42 Å². The minimum absolute atomic E-state index is 0.0342. The van der Waals surface area contributed by atoms with Crippen LogP contribution in [0, 0.1) is 0 Å². The Hall–Kier alpha value is -2.01. The first kappa shape index (κ1) is 13.4. The largest absolute Gasteiger partial charge is 0.461 e. The van der Waals surface area contributed by atoms with E-state index in [9.17, 15) is 4.79 Å². The molecule has 2 N–H and O–H groups in total. The van der Waals surface area contributed by atoms with E-state index in [0.717, 1.165) is 16.7 Å². The van der Waals surface area contributed by atoms with Crippen molar-refractivity contribution in [3.63, 3.8) is 0 Å². The third-order valence-electron chi connectivity index (χ3n) is 2.91. The summed E-state index contributed by atoms with van der Waals surface area (Å²) in [5, 5.41) is 12.6. The van der Waals surface area contributed by atoms with E-state index >= 15 is 0 Å². The molecule has 1 aromatic heterocycles. The lowest BCUT2D eigenvalue weighted by Crippen LogP contribution is -2.39. The van der Waals surface area contributed by atoms with Crippen molar-refractivity contribution in [1.82, 2.24) is 10.2 Å². The van der Waals surface area contributed by atoms with E-state index in [0.29, 0.717) is 19.5 Å². The Morgan fingerprint density at radius 3 is 2.95 bits per heavy atom. The summed E-state index contributed by atoms with van der Waals surface area (Å²) in [6.45, 7) is 0.804. The number of hydrogen-bond acceptors (Lipinski definition) is 3. The number of rotatable bonds is 5. The number of carbonyl (C=O) groups is 1. The minimum atomic E-state index is -0.190. The number of amides is 2. The van der Waals surface area contributed by atoms with Crippen LogP contribution in [0.2, 0.25) is 0 Å². The van der Waals surface area contributed by atoms with E-state index in [2.05, 4.69) is 5.32 Å². The van der Waals surface area contributed by atoms with Crippen LogP contribution in [0.4, 0.5) is 4.79 Å². The van der Waals surface area contributed by atoms with Crippen molar-refractivity contribution in [3.05, 3.63) is 36.1 Å². The van der Waals surface area contributed by atoms with Gasteiger partial charge < -0.3 is 19.7 Å². The lowest BCUT2D eigenvalue weighted by atomic mass is 10.2. The summed E-state index contributed by atoms with van der Waals surface area (Å²) in [5.41, 5.74) is 0.862. The number of nitrogens with one attached hydrogen (secondary N) is 1. The van der Waals surface area contributed by atoms with Gasteiger partial charge in [0.2, 0.25) is 0 Å². The summed E-state index contributed by atoms with van der Waals surface area (Å²) >= 11 is 0. The average Bonchev–Trinajstić information content (AvgIpc) is 2.81. The predicted molar refractivity (Wildman–Crippen MR) is 73.0 cm³/mol. The van der Waals surface area contributed by atoms with Gasteiger partial charge in [-0.3, -0.25) is 0 Å². The van der Waals surface area contributed by atoms with E-state index < -0.39 is 0 Å². The summed E-state index contributed by atoms with van der Waals surface area (Å²) in [6, 6.07) is 9.61. The van der Waals surface area contributed by atoms with E-state index in [4.69, 9.17) is 9.52 Å². The molecule has 0 aliphatic rings. The van der Waals surface area contributed by atoms with E-state index in [1.54, 1.807) is 7.05 Å². The highest BCUT2D eigenvalue weighted by Crippen LogP contribution is 2.18. The van der Waals surface area contributed by atoms with Gasteiger partial charge in [-0.15, -0.1) is 0 Å². The van der Waals surface area contributed by atoms with Gasteiger partial charge in [-0.05, 0) is 12.1 Å². The van der Waals surface area contributed by atoms with Crippen LogP contribution in [0.1, 0.15) is 5.76 Å². The van der Waals surface area contributed by atoms with Crippen molar-refractivity contribution in [2.45, 2.75) is 6.42 Å². The fraction of sp³-hybridized carbons (Fsp3) is 0.357. The summed E-state index contributed by atoms with van der Waals surface area (Å²) in [6.07, 6.45) is 0.646. The predicted octanol–water partition coefficient (Wildman–Crippen LogP) is 1.61. The molecule has 0 atom stereocenters. The zero-order chi connectivity index (χ0) is 13.7. The number of benzene rings is 1. The number of para-hydroxylation sites is 1. The van der Waals surface area contributed by atoms with Crippen molar-refractivity contribution in [2.24, 2.45) is 0 Å². The van der Waals surface area contributed by atoms with Gasteiger partial charge in [0.05, 0.1) is 6.61 Å². The van der Waals surface area contributed by atoms with Gasteiger partial charge in [0.15, 0.2) is 0 Å². The molecule has 0 saturated carbocycles. The maximum Gasteiger partial charge on any atom is 0.317 e. The van der Waals surface area contributed by atoms with Crippen LogP contribution in [0.15, 0.2) is 34.7 Å². The molecule has 0 bridgehead atoms. The van der Waals surface area contributed by atoms with Gasteiger partial charge >= 0.3 is 6.03 Å². The molecule has 0 radical (unpaired) electrons. The molecule has 5 nitrogen and oxygen atoms in total. The molecule has 2 aromatic rings. The van der Waals surface area contributed by atoms with E-state index in [1.807, 2.05) is 30.3 Å². The lowest BCUT2D eigenvalue weighted by Gasteiger charge is -2.16. The Labute approximate surface area is 111 Å². The Kier molecular flexibility index (Phi) is 4.41. The molecule has 0 unspecified atom stereocenters. The first-order valence-corrected chi connectivity index (χ1v) is 6.28. The number of hydrogen-bond donors (Lipinski definition) is 2. The normalized spacial score (nSPS) is 10.6. The Morgan fingerprint density at radius 2 is 2.21 bits per heavy atom. The molecule has 0 spiro atoms. The zero-order valence-electron chi connectivity index (χ0n) is 10.9. The molecule has 2 rings (SSSR count). The van der Waals surface area contributed by atoms with Crippen molar-refractivity contribution >= 4 is 17.0 Å². The van der Waals surface area contributed by atoms with Crippen LogP contribution in [0.3, 0.4) is 0 Å². The van der Waals surface area contributed by atoms with Crippen LogP contribution < -0.4 is 5.32 Å². The first-order chi connectivity index (χ1) is 9.20. The number of fused-ring (bicyclic) bond motifs is 1. The smallest absolute Gasteiger partial charge is 0.317 e. The molecule has 19 heavy (non-hydrogen) atoms. The van der Waals surface area contributed by atoms with Crippen LogP contribution in [0.25, 0.3) is 11.0 Å². The molecule has 0 aliphatic carbocycles. The molecular formula is C14H18N2O3. The van der Waals surface area contributed by atoms with E-state index in [-0.39, 0.29) is 12.6 Å². The third kappa shape index (κ3) is 3.48. The number of urea groups is 1. The highest BCUT2D eigenvalue weighted by molar-refractivity contribution is 5.77. The first-order valence-electron chi connectivity index (χ1n) is 6.28. The topological polar surface area (TPSA) is 65.7 Å². The second kappa shape index (κ2) is 6.24. The molecule has 0 aliphatic heterocycles. The Morgan fingerprint density at radius 1 is 1.42 bits per heavy atom. The average molecular weight is 262 g/mol. The van der Waals surface area contributed by atoms with Crippen LogP contribution >= 0.6 is 0 Å². The summed E-state index contributed by atoms with van der Waals surface area (Å²) in [7, 11) is 1.65. The molecule has 102 valence electrons. The van der Waals surface area contributed by atoms with Crippen molar-refractivity contribution in [3.8, 4) is 0 Å². The molecule has 5 heteroatoms. The monoisotopic (exact) mass is 262 g/mol. The molecule has 0 saturated heterocycles.